The first-order valence-electron chi connectivity index (χ1n) is 20.3. The minimum atomic E-state index is -2.37. The molecule has 0 radical (unpaired) electrons. The van der Waals surface area contributed by atoms with Gasteiger partial charge in [0.15, 0.2) is 0 Å². The number of likely N-dealkylation sites (tertiary alicyclic amines) is 1. The fraction of sp³-hybridized carbons (Fsp3) is 0.488. The van der Waals surface area contributed by atoms with Gasteiger partial charge in [-0.15, -0.1) is 0 Å². The van der Waals surface area contributed by atoms with Gasteiger partial charge >= 0.3 is 0 Å². The standard InChI is InChI=1S/C41H53N11O6/c1-3-32-37-28(23-44-52(37)26-14-16-51(17-15-26)41(56,57)33-9-5-8-30(47-33)40(55)50-18-20-58-21-19-50)27-6-4-7-29(36(27)49(32)2)46-31(35(43)39(54)45-25-12-13-25)22-34(42)48-38(53)24-10-11-24/h4-9,22-26,32,46,56-57H,3,10-21,42-43H2,1-2H3,(H,45,54)(H,48,53)/b34-22+,35-31+. The molecule has 3 amide bonds. The Morgan fingerprint density at radius 2 is 1.69 bits per heavy atom. The van der Waals surface area contributed by atoms with Crippen LogP contribution in [0.1, 0.15) is 85.8 Å². The van der Waals surface area contributed by atoms with E-state index in [9.17, 15) is 24.6 Å². The van der Waals surface area contributed by atoms with Crippen molar-refractivity contribution >= 4 is 29.1 Å². The molecule has 4 fully saturated rings. The maximum absolute atomic E-state index is 13.2. The molecular weight excluding hydrogens is 743 g/mol. The van der Waals surface area contributed by atoms with Gasteiger partial charge in [-0.3, -0.25) is 19.1 Å². The van der Waals surface area contributed by atoms with E-state index in [-0.39, 0.29) is 64.5 Å². The third-order valence-electron chi connectivity index (χ3n) is 11.8. The molecule has 3 aliphatic heterocycles. The molecule has 0 bridgehead atoms. The SMILES string of the molecule is CCC1c2c(cnn2C2CCN(C(O)(O)c3cccc(C(=O)N4CCOCC4)n3)CC2)-c2cccc(NC(/C=C(\N)NC(=O)C3CC3)=C(/N)C(=O)NC3CC3)c2N1C. The monoisotopic (exact) mass is 795 g/mol. The molecule has 2 aliphatic carbocycles. The second kappa shape index (κ2) is 16.0. The summed E-state index contributed by atoms with van der Waals surface area (Å²) in [5.41, 5.74) is 17.7. The summed E-state index contributed by atoms with van der Waals surface area (Å²) in [7, 11) is 2.03. The van der Waals surface area contributed by atoms with Crippen LogP contribution in [0.5, 0.6) is 0 Å². The number of allylic oxidation sites excluding steroid dienone is 1. The van der Waals surface area contributed by atoms with Crippen molar-refractivity contribution in [3.63, 3.8) is 0 Å². The van der Waals surface area contributed by atoms with Gasteiger partial charge in [0.1, 0.15) is 22.9 Å². The van der Waals surface area contributed by atoms with Crippen LogP contribution in [0.25, 0.3) is 11.1 Å². The van der Waals surface area contributed by atoms with Crippen molar-refractivity contribution in [2.75, 3.05) is 56.7 Å². The normalized spacial score (nSPS) is 20.8. The number of nitrogens with zero attached hydrogens (tertiary/aromatic N) is 6. The molecule has 1 aromatic carbocycles. The lowest BCUT2D eigenvalue weighted by atomic mass is 9.91. The van der Waals surface area contributed by atoms with Gasteiger partial charge in [0.25, 0.3) is 17.7 Å². The molecule has 2 saturated carbocycles. The van der Waals surface area contributed by atoms with Crippen LogP contribution in [0, 0.1) is 5.92 Å². The van der Waals surface area contributed by atoms with Crippen LogP contribution in [-0.4, -0.2) is 105 Å². The number of hydrogen-bond donors (Lipinski definition) is 7. The molecule has 58 heavy (non-hydrogen) atoms. The van der Waals surface area contributed by atoms with Crippen molar-refractivity contribution in [2.24, 2.45) is 17.4 Å². The molecule has 1 unspecified atom stereocenters. The molecule has 3 aromatic rings. The smallest absolute Gasteiger partial charge is 0.272 e. The first kappa shape index (κ1) is 39.3. The van der Waals surface area contributed by atoms with Crippen molar-refractivity contribution < 1.29 is 29.3 Å². The number of fused-ring (bicyclic) bond motifs is 3. The van der Waals surface area contributed by atoms with Gasteiger partial charge in [0.2, 0.25) is 5.91 Å². The van der Waals surface area contributed by atoms with Gasteiger partial charge in [0.05, 0.1) is 54.3 Å². The topological polar surface area (TPSA) is 229 Å². The lowest BCUT2D eigenvalue weighted by Gasteiger charge is -2.41. The predicted molar refractivity (Wildman–Crippen MR) is 215 cm³/mol. The number of aromatic nitrogens is 3. The van der Waals surface area contributed by atoms with E-state index in [0.717, 1.165) is 54.6 Å². The van der Waals surface area contributed by atoms with Crippen LogP contribution in [0.4, 0.5) is 11.4 Å². The fourth-order valence-electron chi connectivity index (χ4n) is 8.22. The largest absolute Gasteiger partial charge is 0.393 e. The molecule has 17 heteroatoms. The summed E-state index contributed by atoms with van der Waals surface area (Å²) in [5.74, 6) is -3.17. The zero-order valence-corrected chi connectivity index (χ0v) is 33.0. The number of aliphatic hydroxyl groups is 2. The Morgan fingerprint density at radius 1 is 0.966 bits per heavy atom. The Hall–Kier alpha value is -5.49. The number of morpholine rings is 1. The third-order valence-corrected chi connectivity index (χ3v) is 11.8. The second-order valence-corrected chi connectivity index (χ2v) is 15.9. The molecule has 0 spiro atoms. The van der Waals surface area contributed by atoms with Gasteiger partial charge in [-0.25, -0.2) is 9.88 Å². The Morgan fingerprint density at radius 3 is 2.38 bits per heavy atom. The van der Waals surface area contributed by atoms with Crippen molar-refractivity contribution in [3.05, 3.63) is 83.0 Å². The quantitative estimate of drug-likeness (QED) is 0.0791. The zero-order valence-electron chi connectivity index (χ0n) is 33.0. The molecular formula is C41H53N11O6. The number of anilines is 2. The van der Waals surface area contributed by atoms with E-state index < -0.39 is 11.8 Å². The molecule has 5 heterocycles. The molecule has 308 valence electrons. The van der Waals surface area contributed by atoms with Crippen LogP contribution >= 0.6 is 0 Å². The highest BCUT2D eigenvalue weighted by Crippen LogP contribution is 2.50. The highest BCUT2D eigenvalue weighted by atomic mass is 16.5. The number of ether oxygens (including phenoxy) is 1. The number of benzene rings is 1. The maximum Gasteiger partial charge on any atom is 0.272 e. The van der Waals surface area contributed by atoms with E-state index in [1.807, 2.05) is 31.4 Å². The third kappa shape index (κ3) is 7.86. The van der Waals surface area contributed by atoms with E-state index in [2.05, 4.69) is 37.4 Å². The summed E-state index contributed by atoms with van der Waals surface area (Å²) >= 11 is 0. The highest BCUT2D eigenvalue weighted by Gasteiger charge is 2.41. The number of rotatable bonds is 12. The van der Waals surface area contributed by atoms with E-state index in [4.69, 9.17) is 21.3 Å². The summed E-state index contributed by atoms with van der Waals surface area (Å²) in [6.45, 7) is 4.67. The Balaban J connectivity index is 1.03. The molecule has 5 aliphatic rings. The van der Waals surface area contributed by atoms with Crippen molar-refractivity contribution in [2.45, 2.75) is 75.9 Å². The van der Waals surface area contributed by atoms with Gasteiger partial charge in [-0.1, -0.05) is 25.1 Å². The number of pyridine rings is 1. The van der Waals surface area contributed by atoms with Crippen molar-refractivity contribution in [3.8, 4) is 11.1 Å². The number of piperidine rings is 1. The van der Waals surface area contributed by atoms with Gasteiger partial charge in [0, 0.05) is 62.4 Å². The summed E-state index contributed by atoms with van der Waals surface area (Å²) < 4.78 is 7.46. The molecule has 1 atom stereocenters. The van der Waals surface area contributed by atoms with Crippen molar-refractivity contribution in [1.82, 2.24) is 35.2 Å². The molecule has 2 saturated heterocycles. The summed E-state index contributed by atoms with van der Waals surface area (Å²) in [4.78, 5) is 48.7. The number of carbonyl (C=O) groups excluding carboxylic acids is 3. The molecule has 2 aromatic heterocycles. The number of hydrogen-bond acceptors (Lipinski definition) is 13. The predicted octanol–water partition coefficient (Wildman–Crippen LogP) is 1.94. The molecule has 8 rings (SSSR count). The van der Waals surface area contributed by atoms with E-state index in [1.54, 1.807) is 21.9 Å². The Bertz CT molecular complexity index is 2130. The average Bonchev–Trinajstić information content (AvgIpc) is 4.19. The molecule has 9 N–H and O–H groups in total. The molecule has 17 nitrogen and oxygen atoms in total. The number of nitrogens with one attached hydrogen (secondary N) is 3. The van der Waals surface area contributed by atoms with Crippen LogP contribution in [-0.2, 0) is 20.2 Å². The maximum atomic E-state index is 13.2. The van der Waals surface area contributed by atoms with Gasteiger partial charge < -0.3 is 52.2 Å². The first-order chi connectivity index (χ1) is 27.9. The number of amides is 3. The Kier molecular flexibility index (Phi) is 10.9. The van der Waals surface area contributed by atoms with Crippen LogP contribution in [0.3, 0.4) is 0 Å². The van der Waals surface area contributed by atoms with E-state index >= 15 is 0 Å². The van der Waals surface area contributed by atoms with Crippen molar-refractivity contribution in [1.29, 1.82) is 0 Å². The summed E-state index contributed by atoms with van der Waals surface area (Å²) in [5, 5.41) is 36.9. The summed E-state index contributed by atoms with van der Waals surface area (Å²) in [6, 6.07) is 10.6. The van der Waals surface area contributed by atoms with E-state index in [0.29, 0.717) is 57.9 Å². The lowest BCUT2D eigenvalue weighted by molar-refractivity contribution is -0.282. The summed E-state index contributed by atoms with van der Waals surface area (Å²) in [6.07, 6.45) is 8.79. The van der Waals surface area contributed by atoms with Crippen LogP contribution < -0.4 is 32.3 Å². The van der Waals surface area contributed by atoms with Crippen LogP contribution in [0.15, 0.2) is 65.9 Å². The fourth-order valence-corrected chi connectivity index (χ4v) is 8.22. The number of para-hydroxylation sites is 1. The highest BCUT2D eigenvalue weighted by molar-refractivity contribution is 5.97. The van der Waals surface area contributed by atoms with Crippen LogP contribution in [0.2, 0.25) is 0 Å². The average molecular weight is 796 g/mol. The minimum absolute atomic E-state index is 0.000270. The number of carbonyl (C=O) groups is 3. The van der Waals surface area contributed by atoms with Gasteiger partial charge in [-0.05, 0) is 63.1 Å². The Labute approximate surface area is 337 Å². The minimum Gasteiger partial charge on any atom is -0.393 e. The second-order valence-electron chi connectivity index (χ2n) is 15.9. The zero-order chi connectivity index (χ0) is 40.7. The lowest BCUT2D eigenvalue weighted by Crippen LogP contribution is -2.51. The number of nitrogens with two attached hydrogens (primary N) is 2. The first-order valence-corrected chi connectivity index (χ1v) is 20.3. The van der Waals surface area contributed by atoms with E-state index in [1.165, 1.54) is 12.1 Å². The van der Waals surface area contributed by atoms with Gasteiger partial charge in [-0.2, -0.15) is 5.10 Å².